The number of methoxy groups -OCH3 is 1. The maximum atomic E-state index is 11.1. The first kappa shape index (κ1) is 14.2. The molecule has 1 atom stereocenters. The Kier molecular flexibility index (Phi) is 5.05. The molecule has 1 fully saturated rings. The predicted octanol–water partition coefficient (Wildman–Crippen LogP) is 3.02. The molecule has 0 radical (unpaired) electrons. The highest BCUT2D eigenvalue weighted by Crippen LogP contribution is 2.29. The Morgan fingerprint density at radius 2 is 2.26 bits per heavy atom. The van der Waals surface area contributed by atoms with E-state index in [2.05, 4.69) is 0 Å². The number of rotatable bonds is 5. The summed E-state index contributed by atoms with van der Waals surface area (Å²) < 4.78 is 16.5. The van der Waals surface area contributed by atoms with E-state index in [0.717, 1.165) is 25.9 Å². The molecule has 0 amide bonds. The van der Waals surface area contributed by atoms with Crippen molar-refractivity contribution in [2.75, 3.05) is 20.3 Å². The maximum absolute atomic E-state index is 11.1. The molecule has 1 aromatic carbocycles. The minimum Gasteiger partial charge on any atom is -0.493 e. The van der Waals surface area contributed by atoms with Gasteiger partial charge in [0.05, 0.1) is 13.2 Å². The largest absolute Gasteiger partial charge is 0.493 e. The van der Waals surface area contributed by atoms with Gasteiger partial charge in [-0.25, -0.2) is 0 Å². The standard InChI is InChI=1S/C14H17ClO4/c1-17-12-6-5-10(14(15)16)8-13(12)19-9-11-4-2-3-7-18-11/h5-6,8,11H,2-4,7,9H2,1H3. The number of hydrogen-bond acceptors (Lipinski definition) is 4. The van der Waals surface area contributed by atoms with Crippen LogP contribution in [0.1, 0.15) is 29.6 Å². The number of carbonyl (C=O) groups is 1. The van der Waals surface area contributed by atoms with Crippen LogP contribution < -0.4 is 9.47 Å². The summed E-state index contributed by atoms with van der Waals surface area (Å²) in [5.74, 6) is 1.10. The van der Waals surface area contributed by atoms with Crippen LogP contribution in [0.25, 0.3) is 0 Å². The van der Waals surface area contributed by atoms with Crippen LogP contribution in [0.2, 0.25) is 0 Å². The van der Waals surface area contributed by atoms with Gasteiger partial charge in [0.2, 0.25) is 0 Å². The smallest absolute Gasteiger partial charge is 0.252 e. The quantitative estimate of drug-likeness (QED) is 0.780. The predicted molar refractivity (Wildman–Crippen MR) is 72.3 cm³/mol. The van der Waals surface area contributed by atoms with Gasteiger partial charge in [-0.3, -0.25) is 4.79 Å². The average molecular weight is 285 g/mol. The molecule has 19 heavy (non-hydrogen) atoms. The van der Waals surface area contributed by atoms with Gasteiger partial charge in [0.25, 0.3) is 5.24 Å². The lowest BCUT2D eigenvalue weighted by atomic mass is 10.1. The van der Waals surface area contributed by atoms with Crippen molar-refractivity contribution in [1.29, 1.82) is 0 Å². The van der Waals surface area contributed by atoms with Crippen molar-refractivity contribution in [1.82, 2.24) is 0 Å². The molecule has 1 unspecified atom stereocenters. The molecule has 104 valence electrons. The molecular formula is C14H17ClO4. The van der Waals surface area contributed by atoms with E-state index in [4.69, 9.17) is 25.8 Å². The van der Waals surface area contributed by atoms with E-state index < -0.39 is 5.24 Å². The van der Waals surface area contributed by atoms with Crippen molar-refractivity contribution in [2.24, 2.45) is 0 Å². The molecule has 4 nitrogen and oxygen atoms in total. The van der Waals surface area contributed by atoms with E-state index in [1.54, 1.807) is 25.3 Å². The van der Waals surface area contributed by atoms with Crippen LogP contribution in [0, 0.1) is 0 Å². The van der Waals surface area contributed by atoms with Crippen LogP contribution in [-0.4, -0.2) is 31.7 Å². The zero-order chi connectivity index (χ0) is 13.7. The van der Waals surface area contributed by atoms with Gasteiger partial charge in [0, 0.05) is 12.2 Å². The van der Waals surface area contributed by atoms with Crippen molar-refractivity contribution < 1.29 is 19.0 Å². The summed E-state index contributed by atoms with van der Waals surface area (Å²) in [5.41, 5.74) is 0.391. The second kappa shape index (κ2) is 6.78. The molecule has 0 saturated carbocycles. The van der Waals surface area contributed by atoms with Crippen LogP contribution >= 0.6 is 11.6 Å². The van der Waals surface area contributed by atoms with Crippen molar-refractivity contribution in [2.45, 2.75) is 25.4 Å². The SMILES string of the molecule is COc1ccc(C(=O)Cl)cc1OCC1CCCCO1. The average Bonchev–Trinajstić information content (AvgIpc) is 2.45. The molecule has 1 aliphatic heterocycles. The minimum atomic E-state index is -0.513. The van der Waals surface area contributed by atoms with Crippen LogP contribution in [0.5, 0.6) is 11.5 Å². The van der Waals surface area contributed by atoms with Crippen molar-refractivity contribution >= 4 is 16.8 Å². The lowest BCUT2D eigenvalue weighted by molar-refractivity contribution is -0.0114. The van der Waals surface area contributed by atoms with Crippen LogP contribution in [0.4, 0.5) is 0 Å². The Balaban J connectivity index is 2.04. The van der Waals surface area contributed by atoms with E-state index in [-0.39, 0.29) is 6.10 Å². The maximum Gasteiger partial charge on any atom is 0.252 e. The third kappa shape index (κ3) is 3.85. The van der Waals surface area contributed by atoms with Gasteiger partial charge in [-0.1, -0.05) is 0 Å². The molecule has 2 rings (SSSR count). The van der Waals surface area contributed by atoms with E-state index >= 15 is 0 Å². The topological polar surface area (TPSA) is 44.8 Å². The van der Waals surface area contributed by atoms with Gasteiger partial charge >= 0.3 is 0 Å². The highest BCUT2D eigenvalue weighted by atomic mass is 35.5. The first-order valence-corrected chi connectivity index (χ1v) is 6.71. The van der Waals surface area contributed by atoms with Gasteiger partial charge in [-0.05, 0) is 49.1 Å². The number of hydrogen-bond donors (Lipinski definition) is 0. The second-order valence-corrected chi connectivity index (χ2v) is 4.78. The molecule has 0 aliphatic carbocycles. The Morgan fingerprint density at radius 3 is 2.89 bits per heavy atom. The Morgan fingerprint density at radius 1 is 1.42 bits per heavy atom. The lowest BCUT2D eigenvalue weighted by Gasteiger charge is -2.23. The molecule has 0 bridgehead atoms. The summed E-state index contributed by atoms with van der Waals surface area (Å²) in [6.07, 6.45) is 3.37. The Labute approximate surface area is 117 Å². The highest BCUT2D eigenvalue weighted by Gasteiger charge is 2.16. The first-order valence-electron chi connectivity index (χ1n) is 6.33. The number of halogens is 1. The van der Waals surface area contributed by atoms with Crippen molar-refractivity contribution in [3.05, 3.63) is 23.8 Å². The van der Waals surface area contributed by atoms with Crippen LogP contribution in [0.15, 0.2) is 18.2 Å². The summed E-state index contributed by atoms with van der Waals surface area (Å²) in [5, 5.41) is -0.513. The lowest BCUT2D eigenvalue weighted by Crippen LogP contribution is -2.25. The van der Waals surface area contributed by atoms with E-state index in [1.807, 2.05) is 0 Å². The van der Waals surface area contributed by atoms with E-state index in [0.29, 0.717) is 23.7 Å². The fraction of sp³-hybridized carbons (Fsp3) is 0.500. The third-order valence-electron chi connectivity index (χ3n) is 3.09. The Hall–Kier alpha value is -1.26. The number of benzene rings is 1. The van der Waals surface area contributed by atoms with Crippen LogP contribution in [0.3, 0.4) is 0 Å². The van der Waals surface area contributed by atoms with Gasteiger partial charge in [0.1, 0.15) is 6.61 Å². The fourth-order valence-corrected chi connectivity index (χ4v) is 2.15. The third-order valence-corrected chi connectivity index (χ3v) is 3.31. The van der Waals surface area contributed by atoms with Gasteiger partial charge in [-0.2, -0.15) is 0 Å². The van der Waals surface area contributed by atoms with Crippen molar-refractivity contribution in [3.8, 4) is 11.5 Å². The summed E-state index contributed by atoms with van der Waals surface area (Å²) in [4.78, 5) is 11.1. The normalized spacial score (nSPS) is 18.9. The first-order chi connectivity index (χ1) is 9.20. The summed E-state index contributed by atoms with van der Waals surface area (Å²) in [6.45, 7) is 1.24. The molecule has 1 aromatic rings. The molecular weight excluding hydrogens is 268 g/mol. The van der Waals surface area contributed by atoms with E-state index in [1.165, 1.54) is 0 Å². The van der Waals surface area contributed by atoms with Gasteiger partial charge < -0.3 is 14.2 Å². The summed E-state index contributed by atoms with van der Waals surface area (Å²) >= 11 is 5.46. The van der Waals surface area contributed by atoms with Crippen LogP contribution in [-0.2, 0) is 4.74 Å². The summed E-state index contributed by atoms with van der Waals surface area (Å²) in [6, 6.07) is 4.88. The molecule has 0 N–H and O–H groups in total. The zero-order valence-electron chi connectivity index (χ0n) is 10.9. The molecule has 0 spiro atoms. The molecule has 0 aromatic heterocycles. The number of carbonyl (C=O) groups excluding carboxylic acids is 1. The fourth-order valence-electron chi connectivity index (χ4n) is 2.03. The highest BCUT2D eigenvalue weighted by molar-refractivity contribution is 6.67. The van der Waals surface area contributed by atoms with Gasteiger partial charge in [0.15, 0.2) is 11.5 Å². The zero-order valence-corrected chi connectivity index (χ0v) is 11.6. The molecule has 1 saturated heterocycles. The monoisotopic (exact) mass is 284 g/mol. The van der Waals surface area contributed by atoms with Crippen molar-refractivity contribution in [3.63, 3.8) is 0 Å². The van der Waals surface area contributed by atoms with Gasteiger partial charge in [-0.15, -0.1) is 0 Å². The molecule has 1 heterocycles. The van der Waals surface area contributed by atoms with E-state index in [9.17, 15) is 4.79 Å². The second-order valence-electron chi connectivity index (χ2n) is 4.44. The molecule has 5 heteroatoms. The summed E-state index contributed by atoms with van der Waals surface area (Å²) in [7, 11) is 1.56. The minimum absolute atomic E-state index is 0.105. The number of ether oxygens (including phenoxy) is 3. The Bertz CT molecular complexity index is 441. The molecule has 1 aliphatic rings.